The number of carbonyl (C=O) groups is 1. The third-order valence-electron chi connectivity index (χ3n) is 2.43. The van der Waals surface area contributed by atoms with Gasteiger partial charge in [-0.15, -0.1) is 0 Å². The molecular formula is C12H25O3P. The van der Waals surface area contributed by atoms with Gasteiger partial charge in [0.15, 0.2) is 0 Å². The Labute approximate surface area is 99.4 Å². The predicted molar refractivity (Wildman–Crippen MR) is 68.2 cm³/mol. The average molecular weight is 248 g/mol. The smallest absolute Gasteiger partial charge is 0.310 e. The highest BCUT2D eigenvalue weighted by molar-refractivity contribution is 7.59. The lowest BCUT2D eigenvalue weighted by Gasteiger charge is -2.17. The van der Waals surface area contributed by atoms with Crippen LogP contribution in [0.25, 0.3) is 0 Å². The topological polar surface area (TPSA) is 43.4 Å². The van der Waals surface area contributed by atoms with Crippen LogP contribution < -0.4 is 0 Å². The zero-order valence-electron chi connectivity index (χ0n) is 10.8. The van der Waals surface area contributed by atoms with Crippen LogP contribution in [0.3, 0.4) is 0 Å². The molecule has 0 fully saturated rings. The molecule has 0 heterocycles. The van der Waals surface area contributed by atoms with Crippen molar-refractivity contribution in [2.24, 2.45) is 0 Å². The second kappa shape index (κ2) is 8.81. The average Bonchev–Trinajstić information content (AvgIpc) is 2.24. The first-order chi connectivity index (χ1) is 7.58. The summed E-state index contributed by atoms with van der Waals surface area (Å²) in [6.45, 7) is 6.03. The van der Waals surface area contributed by atoms with Crippen LogP contribution in [0.5, 0.6) is 0 Å². The zero-order valence-corrected chi connectivity index (χ0v) is 11.7. The van der Waals surface area contributed by atoms with Crippen LogP contribution in [0, 0.1) is 0 Å². The minimum Gasteiger partial charge on any atom is -0.412 e. The lowest BCUT2D eigenvalue weighted by Crippen LogP contribution is -2.07. The fourth-order valence-electron chi connectivity index (χ4n) is 1.44. The molecule has 0 aromatic carbocycles. The van der Waals surface area contributed by atoms with Crippen molar-refractivity contribution < 1.29 is 13.9 Å². The molecule has 0 rings (SSSR count). The van der Waals surface area contributed by atoms with Gasteiger partial charge in [-0.05, 0) is 19.3 Å². The third kappa shape index (κ3) is 7.05. The summed E-state index contributed by atoms with van der Waals surface area (Å²) in [7, 11) is -2.69. The molecule has 0 spiro atoms. The van der Waals surface area contributed by atoms with Crippen molar-refractivity contribution in [2.75, 3.05) is 12.3 Å². The minimum absolute atomic E-state index is 0.293. The standard InChI is InChI=1S/C12H25O3P/c1-4-7-10-16(14,11-8-5-2)15-12(13)9-6-3/h4-11H2,1-3H3. The molecule has 0 aliphatic heterocycles. The number of unbranched alkanes of at least 4 members (excludes halogenated alkanes) is 2. The van der Waals surface area contributed by atoms with Crippen LogP contribution in [0.2, 0.25) is 0 Å². The Kier molecular flexibility index (Phi) is 8.64. The molecular weight excluding hydrogens is 223 g/mol. The second-order valence-electron chi connectivity index (χ2n) is 4.18. The number of rotatable bonds is 9. The molecule has 0 bridgehead atoms. The van der Waals surface area contributed by atoms with E-state index in [9.17, 15) is 9.36 Å². The fourth-order valence-corrected chi connectivity index (χ4v) is 3.90. The summed E-state index contributed by atoms with van der Waals surface area (Å²) >= 11 is 0. The summed E-state index contributed by atoms with van der Waals surface area (Å²) in [6, 6.07) is 0. The monoisotopic (exact) mass is 248 g/mol. The number of hydrogen-bond donors (Lipinski definition) is 0. The van der Waals surface area contributed by atoms with Gasteiger partial charge in [0.05, 0.1) is 0 Å². The highest BCUT2D eigenvalue weighted by Gasteiger charge is 2.25. The number of carbonyl (C=O) groups excluding carboxylic acids is 1. The Morgan fingerprint density at radius 3 is 1.88 bits per heavy atom. The van der Waals surface area contributed by atoms with E-state index in [-0.39, 0.29) is 5.97 Å². The largest absolute Gasteiger partial charge is 0.412 e. The molecule has 0 amide bonds. The highest BCUT2D eigenvalue weighted by Crippen LogP contribution is 2.48. The molecule has 0 aromatic heterocycles. The maximum absolute atomic E-state index is 12.4. The fraction of sp³-hybridized carbons (Fsp3) is 0.917. The highest BCUT2D eigenvalue weighted by atomic mass is 31.2. The predicted octanol–water partition coefficient (Wildman–Crippen LogP) is 4.21. The maximum atomic E-state index is 12.4. The molecule has 0 radical (unpaired) electrons. The third-order valence-corrected chi connectivity index (χ3v) is 4.96. The van der Waals surface area contributed by atoms with Crippen LogP contribution in [0.1, 0.15) is 59.3 Å². The quantitative estimate of drug-likeness (QED) is 0.574. The summed E-state index contributed by atoms with van der Waals surface area (Å²) in [6.07, 6.45) is 5.96. The van der Waals surface area contributed by atoms with Gasteiger partial charge in [-0.2, -0.15) is 0 Å². The molecule has 0 aliphatic rings. The summed E-state index contributed by atoms with van der Waals surface area (Å²) in [5, 5.41) is 0. The Bertz CT molecular complexity index is 226. The van der Waals surface area contributed by atoms with E-state index in [0.717, 1.165) is 32.1 Å². The van der Waals surface area contributed by atoms with Gasteiger partial charge < -0.3 is 4.52 Å². The van der Waals surface area contributed by atoms with Gasteiger partial charge in [0, 0.05) is 18.7 Å². The van der Waals surface area contributed by atoms with Gasteiger partial charge in [-0.1, -0.05) is 33.6 Å². The van der Waals surface area contributed by atoms with Crippen LogP contribution in [-0.2, 0) is 13.9 Å². The summed E-state index contributed by atoms with van der Waals surface area (Å²) in [4.78, 5) is 11.4. The van der Waals surface area contributed by atoms with Crippen molar-refractivity contribution in [2.45, 2.75) is 59.3 Å². The Balaban J connectivity index is 4.28. The molecule has 3 nitrogen and oxygen atoms in total. The van der Waals surface area contributed by atoms with E-state index in [4.69, 9.17) is 4.52 Å². The van der Waals surface area contributed by atoms with E-state index in [1.165, 1.54) is 0 Å². The molecule has 0 atom stereocenters. The van der Waals surface area contributed by atoms with Crippen molar-refractivity contribution >= 4 is 13.3 Å². The van der Waals surface area contributed by atoms with Gasteiger partial charge in [0.25, 0.3) is 7.37 Å². The molecule has 0 saturated heterocycles. The van der Waals surface area contributed by atoms with Gasteiger partial charge in [0.2, 0.25) is 0 Å². The number of hydrogen-bond acceptors (Lipinski definition) is 3. The van der Waals surface area contributed by atoms with E-state index in [0.29, 0.717) is 18.7 Å². The molecule has 0 aromatic rings. The van der Waals surface area contributed by atoms with E-state index >= 15 is 0 Å². The first-order valence-electron chi connectivity index (χ1n) is 6.38. The molecule has 4 heteroatoms. The van der Waals surface area contributed by atoms with Crippen molar-refractivity contribution in [3.63, 3.8) is 0 Å². The summed E-state index contributed by atoms with van der Waals surface area (Å²) in [5.41, 5.74) is 0. The van der Waals surface area contributed by atoms with Crippen molar-refractivity contribution in [1.29, 1.82) is 0 Å². The van der Waals surface area contributed by atoms with Crippen LogP contribution in [0.15, 0.2) is 0 Å². The Morgan fingerprint density at radius 1 is 1.00 bits per heavy atom. The van der Waals surface area contributed by atoms with E-state index < -0.39 is 7.37 Å². The normalized spacial score (nSPS) is 11.4. The van der Waals surface area contributed by atoms with Crippen molar-refractivity contribution in [3.8, 4) is 0 Å². The van der Waals surface area contributed by atoms with E-state index in [2.05, 4.69) is 13.8 Å². The van der Waals surface area contributed by atoms with Crippen LogP contribution in [0.4, 0.5) is 0 Å². The summed E-state index contributed by atoms with van der Waals surface area (Å²) in [5.74, 6) is -0.293. The van der Waals surface area contributed by atoms with E-state index in [1.807, 2.05) is 6.92 Å². The van der Waals surface area contributed by atoms with Crippen molar-refractivity contribution in [3.05, 3.63) is 0 Å². The Morgan fingerprint density at radius 2 is 1.50 bits per heavy atom. The molecule has 16 heavy (non-hydrogen) atoms. The van der Waals surface area contributed by atoms with Gasteiger partial charge >= 0.3 is 5.97 Å². The Hall–Kier alpha value is -0.300. The van der Waals surface area contributed by atoms with Gasteiger partial charge in [0.1, 0.15) is 0 Å². The van der Waals surface area contributed by atoms with Gasteiger partial charge in [-0.3, -0.25) is 9.36 Å². The molecule has 0 unspecified atom stereocenters. The molecule has 96 valence electrons. The lowest BCUT2D eigenvalue weighted by molar-refractivity contribution is -0.134. The molecule has 0 N–H and O–H groups in total. The molecule has 0 aliphatic carbocycles. The van der Waals surface area contributed by atoms with Crippen LogP contribution in [-0.4, -0.2) is 18.3 Å². The zero-order chi connectivity index (χ0) is 12.4. The maximum Gasteiger partial charge on any atom is 0.310 e. The second-order valence-corrected chi connectivity index (χ2v) is 6.89. The first-order valence-corrected chi connectivity index (χ1v) is 8.38. The minimum atomic E-state index is -2.69. The van der Waals surface area contributed by atoms with Gasteiger partial charge in [-0.25, -0.2) is 0 Å². The van der Waals surface area contributed by atoms with Crippen LogP contribution >= 0.6 is 7.37 Å². The molecule has 0 saturated carbocycles. The SMILES string of the molecule is CCCCP(=O)(CCCC)OC(=O)CCC. The van der Waals surface area contributed by atoms with Crippen molar-refractivity contribution in [1.82, 2.24) is 0 Å². The lowest BCUT2D eigenvalue weighted by atomic mass is 10.4. The first kappa shape index (κ1) is 15.7. The van der Waals surface area contributed by atoms with E-state index in [1.54, 1.807) is 0 Å². The summed E-state index contributed by atoms with van der Waals surface area (Å²) < 4.78 is 17.6.